The summed E-state index contributed by atoms with van der Waals surface area (Å²) in [6.07, 6.45) is 2.82. The number of Topliss-reactive ketones (excluding diaryl/α,β-unsaturated/α-hetero) is 1. The van der Waals surface area contributed by atoms with Crippen molar-refractivity contribution < 1.29 is 13.6 Å². The van der Waals surface area contributed by atoms with Crippen molar-refractivity contribution in [2.45, 2.75) is 13.3 Å². The van der Waals surface area contributed by atoms with Gasteiger partial charge in [-0.25, -0.2) is 8.78 Å². The van der Waals surface area contributed by atoms with Gasteiger partial charge in [0.1, 0.15) is 11.6 Å². The lowest BCUT2D eigenvalue weighted by Gasteiger charge is -2.07. The molecule has 0 atom stereocenters. The molecule has 0 aliphatic rings. The minimum Gasteiger partial charge on any atom is -0.294 e. The molecule has 1 aromatic heterocycles. The molecule has 1 heterocycles. The van der Waals surface area contributed by atoms with Crippen molar-refractivity contribution in [3.8, 4) is 11.3 Å². The Bertz CT molecular complexity index is 922. The summed E-state index contributed by atoms with van der Waals surface area (Å²) in [5, 5.41) is 0. The summed E-state index contributed by atoms with van der Waals surface area (Å²) in [4.78, 5) is 20.7. The number of aromatic nitrogens is 2. The third kappa shape index (κ3) is 3.89. The average Bonchev–Trinajstić information content (AvgIpc) is 2.58. The second-order valence-corrected chi connectivity index (χ2v) is 6.79. The Morgan fingerprint density at radius 3 is 2.44 bits per heavy atom. The molecule has 0 aliphatic heterocycles. The highest BCUT2D eigenvalue weighted by Crippen LogP contribution is 2.23. The zero-order valence-corrected chi connectivity index (χ0v) is 15.4. The van der Waals surface area contributed by atoms with Crippen molar-refractivity contribution in [2.24, 2.45) is 0 Å². The van der Waals surface area contributed by atoms with Crippen LogP contribution in [0.1, 0.15) is 21.6 Å². The van der Waals surface area contributed by atoms with Crippen molar-refractivity contribution in [3.63, 3.8) is 0 Å². The lowest BCUT2D eigenvalue weighted by Crippen LogP contribution is -2.10. The summed E-state index contributed by atoms with van der Waals surface area (Å²) in [7, 11) is 0. The first-order chi connectivity index (χ1) is 12.0. The van der Waals surface area contributed by atoms with Gasteiger partial charge in [0.2, 0.25) is 0 Å². The number of carbonyl (C=O) groups excluding carboxylic acids is 1. The summed E-state index contributed by atoms with van der Waals surface area (Å²) >= 11 is 2.22. The van der Waals surface area contributed by atoms with E-state index in [1.54, 1.807) is 6.20 Å². The molecule has 126 valence electrons. The third-order valence-corrected chi connectivity index (χ3v) is 4.44. The lowest BCUT2D eigenvalue weighted by atomic mass is 10.0. The largest absolute Gasteiger partial charge is 0.294 e. The maximum atomic E-state index is 13.7. The van der Waals surface area contributed by atoms with E-state index >= 15 is 0 Å². The number of nitrogens with zero attached hydrogens (tertiary/aromatic N) is 2. The van der Waals surface area contributed by atoms with Gasteiger partial charge < -0.3 is 0 Å². The Labute approximate surface area is 157 Å². The van der Waals surface area contributed by atoms with Crippen LogP contribution in [0.15, 0.2) is 48.8 Å². The van der Waals surface area contributed by atoms with Gasteiger partial charge in [0.15, 0.2) is 5.78 Å². The number of ketones is 1. The minimum atomic E-state index is -0.871. The minimum absolute atomic E-state index is 0.212. The fraction of sp³-hybridized carbons (Fsp3) is 0.105. The monoisotopic (exact) mass is 450 g/mol. The molecule has 3 rings (SSSR count). The Hall–Kier alpha value is -2.22. The molecule has 0 unspecified atom stereocenters. The first-order valence-electron chi connectivity index (χ1n) is 7.50. The van der Waals surface area contributed by atoms with Crippen LogP contribution in [0.2, 0.25) is 0 Å². The maximum absolute atomic E-state index is 13.7. The van der Waals surface area contributed by atoms with Crippen LogP contribution in [0.4, 0.5) is 8.78 Å². The summed E-state index contributed by atoms with van der Waals surface area (Å²) < 4.78 is 28.4. The van der Waals surface area contributed by atoms with E-state index in [4.69, 9.17) is 0 Å². The molecule has 0 radical (unpaired) electrons. The highest BCUT2D eigenvalue weighted by molar-refractivity contribution is 14.1. The second-order valence-electron chi connectivity index (χ2n) is 5.55. The Kier molecular flexibility index (Phi) is 5.17. The molecule has 0 N–H and O–H groups in total. The standard InChI is InChI=1S/C19H13F2IN2O/c1-11-5-6-12(22)7-14(11)17-10-23-13(9-24-17)8-18(25)19-15(20)3-2-4-16(19)21/h2-7,9-10H,8H2,1H3. The summed E-state index contributed by atoms with van der Waals surface area (Å²) in [5.41, 5.74) is 2.52. The molecule has 6 heteroatoms. The molecule has 2 aromatic carbocycles. The molecular weight excluding hydrogens is 437 g/mol. The molecule has 3 nitrogen and oxygen atoms in total. The second kappa shape index (κ2) is 7.35. The fourth-order valence-corrected chi connectivity index (χ4v) is 2.96. The predicted molar refractivity (Wildman–Crippen MR) is 99.3 cm³/mol. The van der Waals surface area contributed by atoms with Crippen molar-refractivity contribution in [1.82, 2.24) is 9.97 Å². The number of benzene rings is 2. The average molecular weight is 450 g/mol. The number of carbonyl (C=O) groups is 1. The predicted octanol–water partition coefficient (Wildman–Crippen LogP) is 4.76. The van der Waals surface area contributed by atoms with Crippen LogP contribution in [0.5, 0.6) is 0 Å². The van der Waals surface area contributed by atoms with E-state index in [-0.39, 0.29) is 6.42 Å². The van der Waals surface area contributed by atoms with E-state index in [2.05, 4.69) is 32.6 Å². The Morgan fingerprint density at radius 2 is 1.80 bits per heavy atom. The van der Waals surface area contributed by atoms with Crippen molar-refractivity contribution in [3.05, 3.63) is 80.8 Å². The molecule has 0 spiro atoms. The number of hydrogen-bond donors (Lipinski definition) is 0. The van der Waals surface area contributed by atoms with Crippen LogP contribution in [0, 0.1) is 22.1 Å². The Morgan fingerprint density at radius 1 is 1.08 bits per heavy atom. The van der Waals surface area contributed by atoms with Gasteiger partial charge in [-0.3, -0.25) is 14.8 Å². The van der Waals surface area contributed by atoms with Crippen LogP contribution >= 0.6 is 22.6 Å². The zero-order valence-electron chi connectivity index (χ0n) is 13.3. The van der Waals surface area contributed by atoms with Gasteiger partial charge in [-0.1, -0.05) is 12.1 Å². The molecule has 25 heavy (non-hydrogen) atoms. The van der Waals surface area contributed by atoms with E-state index in [1.165, 1.54) is 12.3 Å². The molecule has 0 amide bonds. The van der Waals surface area contributed by atoms with Gasteiger partial charge in [0, 0.05) is 15.3 Å². The van der Waals surface area contributed by atoms with Crippen LogP contribution in [-0.2, 0) is 6.42 Å². The third-order valence-electron chi connectivity index (χ3n) is 3.76. The molecule has 0 saturated heterocycles. The lowest BCUT2D eigenvalue weighted by molar-refractivity contribution is 0.0983. The fourth-order valence-electron chi connectivity index (χ4n) is 2.47. The molecule has 0 fully saturated rings. The quantitative estimate of drug-likeness (QED) is 0.426. The number of hydrogen-bond acceptors (Lipinski definition) is 3. The Balaban J connectivity index is 1.84. The van der Waals surface area contributed by atoms with E-state index < -0.39 is 23.0 Å². The molecule has 0 bridgehead atoms. The van der Waals surface area contributed by atoms with Crippen LogP contribution in [0.3, 0.4) is 0 Å². The summed E-state index contributed by atoms with van der Waals surface area (Å²) in [5.74, 6) is -2.41. The smallest absolute Gasteiger partial charge is 0.174 e. The number of rotatable bonds is 4. The van der Waals surface area contributed by atoms with E-state index in [0.717, 1.165) is 26.8 Å². The van der Waals surface area contributed by atoms with Crippen LogP contribution in [0.25, 0.3) is 11.3 Å². The zero-order chi connectivity index (χ0) is 18.0. The van der Waals surface area contributed by atoms with Gasteiger partial charge >= 0.3 is 0 Å². The first-order valence-corrected chi connectivity index (χ1v) is 8.58. The van der Waals surface area contributed by atoms with Crippen LogP contribution in [-0.4, -0.2) is 15.8 Å². The highest BCUT2D eigenvalue weighted by atomic mass is 127. The van der Waals surface area contributed by atoms with Gasteiger partial charge in [0.05, 0.1) is 29.6 Å². The molecule has 3 aromatic rings. The number of halogens is 3. The van der Waals surface area contributed by atoms with E-state index in [1.807, 2.05) is 25.1 Å². The SMILES string of the molecule is Cc1ccc(I)cc1-c1cnc(CC(=O)c2c(F)cccc2F)cn1. The molecule has 0 saturated carbocycles. The van der Waals surface area contributed by atoms with E-state index in [0.29, 0.717) is 11.4 Å². The van der Waals surface area contributed by atoms with Crippen molar-refractivity contribution >= 4 is 28.4 Å². The van der Waals surface area contributed by atoms with Crippen LogP contribution < -0.4 is 0 Å². The van der Waals surface area contributed by atoms with E-state index in [9.17, 15) is 13.6 Å². The first kappa shape index (κ1) is 17.6. The topological polar surface area (TPSA) is 42.9 Å². The highest BCUT2D eigenvalue weighted by Gasteiger charge is 2.18. The molecular formula is C19H13F2IN2O. The normalized spacial score (nSPS) is 10.7. The maximum Gasteiger partial charge on any atom is 0.174 e. The summed E-state index contributed by atoms with van der Waals surface area (Å²) in [6.45, 7) is 1.98. The summed E-state index contributed by atoms with van der Waals surface area (Å²) in [6, 6.07) is 9.34. The van der Waals surface area contributed by atoms with Gasteiger partial charge in [-0.15, -0.1) is 0 Å². The van der Waals surface area contributed by atoms with Crippen molar-refractivity contribution in [2.75, 3.05) is 0 Å². The molecule has 0 aliphatic carbocycles. The van der Waals surface area contributed by atoms with Gasteiger partial charge in [0.25, 0.3) is 0 Å². The van der Waals surface area contributed by atoms with Gasteiger partial charge in [-0.05, 0) is 59.3 Å². The van der Waals surface area contributed by atoms with Gasteiger partial charge in [-0.2, -0.15) is 0 Å². The van der Waals surface area contributed by atoms with Crippen molar-refractivity contribution in [1.29, 1.82) is 0 Å². The number of aryl methyl sites for hydroxylation is 1.